The average molecular weight is 378 g/mol. The molecule has 1 saturated carbocycles. The van der Waals surface area contributed by atoms with Crippen LogP contribution in [-0.4, -0.2) is 29.2 Å². The Morgan fingerprint density at radius 1 is 1.00 bits per heavy atom. The number of rotatable bonds is 4. The number of nitrogens with zero attached hydrogens (tertiary/aromatic N) is 1. The number of benzene rings is 1. The lowest BCUT2D eigenvalue weighted by Crippen LogP contribution is -2.49. The van der Waals surface area contributed by atoms with Crippen molar-refractivity contribution in [3.8, 4) is 0 Å². The highest BCUT2D eigenvalue weighted by molar-refractivity contribution is 9.10. The van der Waals surface area contributed by atoms with Gasteiger partial charge in [0, 0.05) is 35.5 Å². The number of ketones is 1. The molecule has 0 N–H and O–H groups in total. The molecule has 0 radical (unpaired) electrons. The fraction of sp³-hybridized carbons (Fsp3) is 0.579. The number of carbonyl (C=O) groups is 2. The van der Waals surface area contributed by atoms with Gasteiger partial charge in [0.15, 0.2) is 5.78 Å². The molecular weight excluding hydrogens is 354 g/mol. The number of amides is 1. The van der Waals surface area contributed by atoms with E-state index in [0.29, 0.717) is 30.4 Å². The standard InChI is InChI=1S/C19H24BrNO2/c20-16-9-7-15(8-10-16)18(22)11-12-19(23)21-13-3-5-14-4-1-2-6-17(14)21/h7-10,14,17H,1-6,11-13H2. The first kappa shape index (κ1) is 16.7. The van der Waals surface area contributed by atoms with Crippen molar-refractivity contribution in [3.05, 3.63) is 34.3 Å². The van der Waals surface area contributed by atoms with E-state index in [9.17, 15) is 9.59 Å². The molecule has 4 heteroatoms. The molecule has 2 fully saturated rings. The Morgan fingerprint density at radius 3 is 2.48 bits per heavy atom. The van der Waals surface area contributed by atoms with Crippen molar-refractivity contribution in [3.63, 3.8) is 0 Å². The highest BCUT2D eigenvalue weighted by atomic mass is 79.9. The molecule has 0 spiro atoms. The van der Waals surface area contributed by atoms with Gasteiger partial charge < -0.3 is 4.90 Å². The summed E-state index contributed by atoms with van der Waals surface area (Å²) in [7, 11) is 0. The average Bonchev–Trinajstić information content (AvgIpc) is 2.59. The van der Waals surface area contributed by atoms with Crippen LogP contribution < -0.4 is 0 Å². The molecule has 1 amide bonds. The van der Waals surface area contributed by atoms with Crippen LogP contribution in [0.15, 0.2) is 28.7 Å². The molecule has 1 heterocycles. The smallest absolute Gasteiger partial charge is 0.223 e. The summed E-state index contributed by atoms with van der Waals surface area (Å²) >= 11 is 3.37. The van der Waals surface area contributed by atoms with E-state index in [2.05, 4.69) is 20.8 Å². The van der Waals surface area contributed by atoms with E-state index in [1.54, 1.807) is 0 Å². The number of likely N-dealkylation sites (tertiary alicyclic amines) is 1. The lowest BCUT2D eigenvalue weighted by Gasteiger charge is -2.44. The summed E-state index contributed by atoms with van der Waals surface area (Å²) in [5.74, 6) is 0.929. The van der Waals surface area contributed by atoms with Crippen LogP contribution in [0.3, 0.4) is 0 Å². The third kappa shape index (κ3) is 4.03. The Labute approximate surface area is 146 Å². The molecule has 124 valence electrons. The first-order valence-corrected chi connectivity index (χ1v) is 9.52. The van der Waals surface area contributed by atoms with Gasteiger partial charge >= 0.3 is 0 Å². The summed E-state index contributed by atoms with van der Waals surface area (Å²) in [5, 5.41) is 0. The van der Waals surface area contributed by atoms with Crippen LogP contribution in [0, 0.1) is 5.92 Å². The number of Topliss-reactive ketones (excluding diaryl/α,β-unsaturated/α-hetero) is 1. The zero-order chi connectivity index (χ0) is 16.2. The summed E-state index contributed by atoms with van der Waals surface area (Å²) in [6.45, 7) is 0.881. The van der Waals surface area contributed by atoms with E-state index in [4.69, 9.17) is 0 Å². The van der Waals surface area contributed by atoms with Gasteiger partial charge in [-0.2, -0.15) is 0 Å². The molecule has 3 rings (SSSR count). The lowest BCUT2D eigenvalue weighted by atomic mass is 9.78. The van der Waals surface area contributed by atoms with E-state index < -0.39 is 0 Å². The Bertz CT molecular complexity index is 567. The van der Waals surface area contributed by atoms with Gasteiger partial charge in [0.05, 0.1) is 0 Å². The Kier molecular flexibility index (Phi) is 5.52. The fourth-order valence-electron chi connectivity index (χ4n) is 4.08. The Morgan fingerprint density at radius 2 is 1.70 bits per heavy atom. The molecule has 2 atom stereocenters. The minimum atomic E-state index is 0.0584. The van der Waals surface area contributed by atoms with Crippen LogP contribution in [0.4, 0.5) is 0 Å². The molecule has 1 aliphatic heterocycles. The zero-order valence-electron chi connectivity index (χ0n) is 13.5. The van der Waals surface area contributed by atoms with Crippen LogP contribution in [0.1, 0.15) is 61.7 Å². The number of halogens is 1. The molecule has 1 saturated heterocycles. The number of fused-ring (bicyclic) bond motifs is 1. The highest BCUT2D eigenvalue weighted by Gasteiger charge is 2.35. The SMILES string of the molecule is O=C(CCC(=O)N1CCCC2CCCCC21)c1ccc(Br)cc1. The van der Waals surface area contributed by atoms with Crippen LogP contribution in [0.25, 0.3) is 0 Å². The van der Waals surface area contributed by atoms with Crippen LogP contribution in [0.5, 0.6) is 0 Å². The highest BCUT2D eigenvalue weighted by Crippen LogP contribution is 2.35. The first-order valence-electron chi connectivity index (χ1n) is 8.73. The second-order valence-electron chi connectivity index (χ2n) is 6.77. The molecule has 1 aromatic rings. The van der Waals surface area contributed by atoms with Gasteiger partial charge in [-0.05, 0) is 43.7 Å². The molecular formula is C19H24BrNO2. The van der Waals surface area contributed by atoms with E-state index in [1.165, 1.54) is 25.7 Å². The third-order valence-corrected chi connectivity index (χ3v) is 5.82. The van der Waals surface area contributed by atoms with E-state index in [0.717, 1.165) is 23.9 Å². The molecule has 1 aromatic carbocycles. The van der Waals surface area contributed by atoms with Gasteiger partial charge in [0.1, 0.15) is 0 Å². The van der Waals surface area contributed by atoms with Crippen molar-refractivity contribution in [2.24, 2.45) is 5.92 Å². The molecule has 0 bridgehead atoms. The summed E-state index contributed by atoms with van der Waals surface area (Å²) in [6, 6.07) is 7.80. The second kappa shape index (κ2) is 7.61. The van der Waals surface area contributed by atoms with Crippen LogP contribution in [0.2, 0.25) is 0 Å². The minimum Gasteiger partial charge on any atom is -0.339 e. The van der Waals surface area contributed by atoms with Crippen LogP contribution >= 0.6 is 15.9 Å². The third-order valence-electron chi connectivity index (χ3n) is 5.30. The van der Waals surface area contributed by atoms with E-state index in [-0.39, 0.29) is 11.7 Å². The molecule has 3 nitrogen and oxygen atoms in total. The van der Waals surface area contributed by atoms with Gasteiger partial charge in [-0.25, -0.2) is 0 Å². The zero-order valence-corrected chi connectivity index (χ0v) is 15.1. The number of carbonyl (C=O) groups excluding carboxylic acids is 2. The maximum Gasteiger partial charge on any atom is 0.223 e. The normalized spacial score (nSPS) is 24.1. The van der Waals surface area contributed by atoms with Crippen molar-refractivity contribution < 1.29 is 9.59 Å². The van der Waals surface area contributed by atoms with Gasteiger partial charge in [0.25, 0.3) is 0 Å². The van der Waals surface area contributed by atoms with Crippen molar-refractivity contribution in [1.82, 2.24) is 4.90 Å². The van der Waals surface area contributed by atoms with E-state index in [1.807, 2.05) is 24.3 Å². The van der Waals surface area contributed by atoms with Gasteiger partial charge in [-0.15, -0.1) is 0 Å². The Hall–Kier alpha value is -1.16. The van der Waals surface area contributed by atoms with E-state index >= 15 is 0 Å². The number of piperidine rings is 1. The lowest BCUT2D eigenvalue weighted by molar-refractivity contribution is -0.137. The van der Waals surface area contributed by atoms with Gasteiger partial charge in [-0.3, -0.25) is 9.59 Å². The minimum absolute atomic E-state index is 0.0584. The maximum atomic E-state index is 12.6. The van der Waals surface area contributed by atoms with Crippen molar-refractivity contribution in [2.45, 2.75) is 57.4 Å². The summed E-state index contributed by atoms with van der Waals surface area (Å²) in [5.41, 5.74) is 0.690. The monoisotopic (exact) mass is 377 g/mol. The fourth-order valence-corrected chi connectivity index (χ4v) is 4.34. The maximum absolute atomic E-state index is 12.6. The summed E-state index contributed by atoms with van der Waals surface area (Å²) in [6.07, 6.45) is 8.02. The Balaban J connectivity index is 1.56. The predicted octanol–water partition coefficient (Wildman–Crippen LogP) is 4.59. The summed E-state index contributed by atoms with van der Waals surface area (Å²) in [4.78, 5) is 26.9. The second-order valence-corrected chi connectivity index (χ2v) is 7.69. The number of hydrogen-bond donors (Lipinski definition) is 0. The molecule has 2 aliphatic rings. The largest absolute Gasteiger partial charge is 0.339 e. The van der Waals surface area contributed by atoms with Gasteiger partial charge in [-0.1, -0.05) is 40.9 Å². The van der Waals surface area contributed by atoms with Crippen LogP contribution in [-0.2, 0) is 4.79 Å². The molecule has 1 aliphatic carbocycles. The summed E-state index contributed by atoms with van der Waals surface area (Å²) < 4.78 is 0.960. The molecule has 2 unspecified atom stereocenters. The van der Waals surface area contributed by atoms with Crippen molar-refractivity contribution >= 4 is 27.6 Å². The van der Waals surface area contributed by atoms with Crippen molar-refractivity contribution in [1.29, 1.82) is 0 Å². The van der Waals surface area contributed by atoms with Crippen molar-refractivity contribution in [2.75, 3.05) is 6.54 Å². The molecule has 23 heavy (non-hydrogen) atoms. The predicted molar refractivity (Wildman–Crippen MR) is 94.4 cm³/mol. The quantitative estimate of drug-likeness (QED) is 0.719. The van der Waals surface area contributed by atoms with Gasteiger partial charge in [0.2, 0.25) is 5.91 Å². The molecule has 0 aromatic heterocycles. The number of hydrogen-bond acceptors (Lipinski definition) is 2. The first-order chi connectivity index (χ1) is 11.1. The topological polar surface area (TPSA) is 37.4 Å².